The molecule has 4 heterocycles. The molecule has 1 aromatic heterocycles. The van der Waals surface area contributed by atoms with Crippen LogP contribution in [0.4, 0.5) is 4.79 Å². The zero-order valence-electron chi connectivity index (χ0n) is 18.7. The number of hydrogen-bond donors (Lipinski definition) is 2. The molecule has 1 unspecified atom stereocenters. The third kappa shape index (κ3) is 3.82. The van der Waals surface area contributed by atoms with Crippen molar-refractivity contribution in [3.63, 3.8) is 0 Å². The molecule has 0 radical (unpaired) electrons. The lowest BCUT2D eigenvalue weighted by Gasteiger charge is -2.54. The maximum atomic E-state index is 12.9. The number of rotatable bonds is 4. The Bertz CT molecular complexity index is 1180. The summed E-state index contributed by atoms with van der Waals surface area (Å²) in [6, 6.07) is 5.25. The van der Waals surface area contributed by atoms with Gasteiger partial charge in [0.25, 0.3) is 0 Å². The fraction of sp³-hybridized carbons (Fsp3) is 0.565. The average molecular weight is 456 g/mol. The van der Waals surface area contributed by atoms with Crippen LogP contribution in [0.2, 0.25) is 0 Å². The maximum Gasteiger partial charge on any atom is 0.407 e. The molecule has 3 aliphatic rings. The molecule has 5 rings (SSSR count). The maximum absolute atomic E-state index is 12.9. The van der Waals surface area contributed by atoms with Gasteiger partial charge in [0, 0.05) is 46.2 Å². The number of nitrogens with one attached hydrogen (secondary N) is 1. The van der Waals surface area contributed by atoms with Crippen LogP contribution in [-0.2, 0) is 23.1 Å². The molecule has 10 nitrogen and oxygen atoms in total. The van der Waals surface area contributed by atoms with Gasteiger partial charge in [-0.3, -0.25) is 24.0 Å². The van der Waals surface area contributed by atoms with Crippen LogP contribution in [0.1, 0.15) is 37.3 Å². The lowest BCUT2D eigenvalue weighted by atomic mass is 9.72. The molecule has 1 aromatic carbocycles. The van der Waals surface area contributed by atoms with Gasteiger partial charge in [-0.05, 0) is 48.8 Å². The van der Waals surface area contributed by atoms with Gasteiger partial charge in [0.15, 0.2) is 0 Å². The minimum atomic E-state index is -0.822. The van der Waals surface area contributed by atoms with Gasteiger partial charge in [0.1, 0.15) is 6.04 Å². The van der Waals surface area contributed by atoms with Crippen LogP contribution in [0.3, 0.4) is 0 Å². The molecular weight excluding hydrogens is 426 g/mol. The number of carbonyl (C=O) groups is 3. The Hall–Kier alpha value is -3.14. The molecule has 1 spiro atoms. The first-order valence-corrected chi connectivity index (χ1v) is 11.5. The Kier molecular flexibility index (Phi) is 5.27. The van der Waals surface area contributed by atoms with Gasteiger partial charge < -0.3 is 14.9 Å². The summed E-state index contributed by atoms with van der Waals surface area (Å²) in [5, 5.41) is 11.5. The monoisotopic (exact) mass is 455 g/mol. The van der Waals surface area contributed by atoms with Crippen LogP contribution in [-0.4, -0.2) is 74.7 Å². The van der Waals surface area contributed by atoms with Crippen LogP contribution >= 0.6 is 0 Å². The van der Waals surface area contributed by atoms with Crippen molar-refractivity contribution >= 4 is 28.9 Å². The third-order valence-electron chi connectivity index (χ3n) is 7.60. The predicted octanol–water partition coefficient (Wildman–Crippen LogP) is 0.936. The SMILES string of the molecule is Cn1c(=O)n(C2CCC(=O)NC2=O)c2ccc(CCN3CC4(CCN(C(=O)O)CC4)C3)cc21. The summed E-state index contributed by atoms with van der Waals surface area (Å²) in [5.41, 5.74) is 2.62. The lowest BCUT2D eigenvalue weighted by Crippen LogP contribution is -2.60. The van der Waals surface area contributed by atoms with E-state index in [1.54, 1.807) is 11.6 Å². The number of amides is 3. The molecule has 1 atom stereocenters. The highest BCUT2D eigenvalue weighted by atomic mass is 16.4. The second-order valence-corrected chi connectivity index (χ2v) is 9.73. The number of benzene rings is 1. The number of aromatic nitrogens is 2. The summed E-state index contributed by atoms with van der Waals surface area (Å²) in [7, 11) is 1.71. The highest BCUT2D eigenvalue weighted by Crippen LogP contribution is 2.40. The second kappa shape index (κ2) is 8.02. The summed E-state index contributed by atoms with van der Waals surface area (Å²) in [6.45, 7) is 4.17. The first-order chi connectivity index (χ1) is 15.8. The summed E-state index contributed by atoms with van der Waals surface area (Å²) in [5.74, 6) is -0.724. The first-order valence-electron chi connectivity index (χ1n) is 11.5. The predicted molar refractivity (Wildman–Crippen MR) is 120 cm³/mol. The van der Waals surface area contributed by atoms with E-state index in [1.165, 1.54) is 9.47 Å². The van der Waals surface area contributed by atoms with E-state index in [0.717, 1.165) is 50.0 Å². The number of nitrogens with zero attached hydrogens (tertiary/aromatic N) is 4. The topological polar surface area (TPSA) is 117 Å². The number of likely N-dealkylation sites (tertiary alicyclic amines) is 2. The van der Waals surface area contributed by atoms with E-state index >= 15 is 0 Å². The van der Waals surface area contributed by atoms with E-state index in [1.807, 2.05) is 18.2 Å². The van der Waals surface area contributed by atoms with Crippen molar-refractivity contribution in [3.05, 3.63) is 34.2 Å². The first kappa shape index (κ1) is 21.7. The molecule has 2 aromatic rings. The minimum absolute atomic E-state index is 0.225. The number of hydrogen-bond acceptors (Lipinski definition) is 5. The molecule has 176 valence electrons. The van der Waals surface area contributed by atoms with Crippen LogP contribution in [0.25, 0.3) is 11.0 Å². The lowest BCUT2D eigenvalue weighted by molar-refractivity contribution is -0.135. The van der Waals surface area contributed by atoms with Gasteiger partial charge in [-0.25, -0.2) is 9.59 Å². The molecule has 0 bridgehead atoms. The number of piperidine rings is 2. The van der Waals surface area contributed by atoms with Gasteiger partial charge in [-0.2, -0.15) is 0 Å². The van der Waals surface area contributed by atoms with Crippen molar-refractivity contribution in [1.82, 2.24) is 24.3 Å². The van der Waals surface area contributed by atoms with Gasteiger partial charge in [-0.1, -0.05) is 6.07 Å². The number of aryl methyl sites for hydroxylation is 1. The van der Waals surface area contributed by atoms with Crippen molar-refractivity contribution < 1.29 is 19.5 Å². The standard InChI is InChI=1S/C23H29N5O5/c1-25-18-12-15(6-9-26-13-23(14-26)7-10-27(11-8-23)22(32)33)2-3-16(18)28(21(25)31)17-4-5-19(29)24-20(17)30/h2-3,12,17H,4-11,13-14H2,1H3,(H,32,33)(H,24,29,30). The molecule has 3 saturated heterocycles. The van der Waals surface area contributed by atoms with E-state index in [-0.39, 0.29) is 23.4 Å². The van der Waals surface area contributed by atoms with Crippen molar-refractivity contribution in [2.75, 3.05) is 32.7 Å². The van der Waals surface area contributed by atoms with Gasteiger partial charge in [0.05, 0.1) is 11.0 Å². The average Bonchev–Trinajstić information content (AvgIpc) is 3.01. The van der Waals surface area contributed by atoms with Crippen molar-refractivity contribution in [1.29, 1.82) is 0 Å². The van der Waals surface area contributed by atoms with Gasteiger partial charge in [-0.15, -0.1) is 0 Å². The Balaban J connectivity index is 1.24. The summed E-state index contributed by atoms with van der Waals surface area (Å²) >= 11 is 0. The molecule has 3 fully saturated rings. The van der Waals surface area contributed by atoms with Crippen LogP contribution in [0.15, 0.2) is 23.0 Å². The Morgan fingerprint density at radius 1 is 1.15 bits per heavy atom. The van der Waals surface area contributed by atoms with Crippen LogP contribution in [0.5, 0.6) is 0 Å². The normalized spacial score (nSPS) is 23.1. The fourth-order valence-electron chi connectivity index (χ4n) is 5.63. The van der Waals surface area contributed by atoms with E-state index in [9.17, 15) is 19.2 Å². The summed E-state index contributed by atoms with van der Waals surface area (Å²) in [6.07, 6.45) is 2.44. The Morgan fingerprint density at radius 3 is 2.55 bits per heavy atom. The van der Waals surface area contributed by atoms with Crippen molar-refractivity contribution in [3.8, 4) is 0 Å². The molecule has 2 N–H and O–H groups in total. The fourth-order valence-corrected chi connectivity index (χ4v) is 5.63. The highest BCUT2D eigenvalue weighted by Gasteiger charge is 2.45. The highest BCUT2D eigenvalue weighted by molar-refractivity contribution is 6.00. The largest absolute Gasteiger partial charge is 0.465 e. The van der Waals surface area contributed by atoms with Crippen molar-refractivity contribution in [2.24, 2.45) is 12.5 Å². The quantitative estimate of drug-likeness (QED) is 0.663. The molecule has 0 saturated carbocycles. The zero-order chi connectivity index (χ0) is 23.3. The smallest absolute Gasteiger partial charge is 0.407 e. The third-order valence-corrected chi connectivity index (χ3v) is 7.60. The zero-order valence-corrected chi connectivity index (χ0v) is 18.7. The molecule has 33 heavy (non-hydrogen) atoms. The number of carboxylic acid groups (broad SMARTS) is 1. The molecule has 3 aliphatic heterocycles. The Morgan fingerprint density at radius 2 is 1.88 bits per heavy atom. The summed E-state index contributed by atoms with van der Waals surface area (Å²) < 4.78 is 3.07. The molecule has 10 heteroatoms. The molecule has 0 aliphatic carbocycles. The van der Waals surface area contributed by atoms with Gasteiger partial charge in [0.2, 0.25) is 11.8 Å². The number of imidazole rings is 1. The van der Waals surface area contributed by atoms with E-state index in [0.29, 0.717) is 25.0 Å². The minimum Gasteiger partial charge on any atom is -0.465 e. The number of imide groups is 1. The molecular formula is C23H29N5O5. The number of fused-ring (bicyclic) bond motifs is 1. The summed E-state index contributed by atoms with van der Waals surface area (Å²) in [4.78, 5) is 51.8. The Labute approximate surface area is 190 Å². The van der Waals surface area contributed by atoms with Crippen LogP contribution < -0.4 is 11.0 Å². The van der Waals surface area contributed by atoms with Crippen molar-refractivity contribution in [2.45, 2.75) is 38.1 Å². The molecule has 3 amide bonds. The van der Waals surface area contributed by atoms with Gasteiger partial charge >= 0.3 is 11.8 Å². The second-order valence-electron chi connectivity index (χ2n) is 9.73. The van der Waals surface area contributed by atoms with Crippen LogP contribution in [0, 0.1) is 5.41 Å². The van der Waals surface area contributed by atoms with E-state index in [2.05, 4.69) is 10.2 Å². The van der Waals surface area contributed by atoms with E-state index in [4.69, 9.17) is 5.11 Å². The van der Waals surface area contributed by atoms with E-state index < -0.39 is 18.0 Å². The number of carbonyl (C=O) groups excluding carboxylic acids is 2.